The van der Waals surface area contributed by atoms with Crippen LogP contribution in [0.2, 0.25) is 0 Å². The van der Waals surface area contributed by atoms with E-state index in [0.717, 1.165) is 40.5 Å². The Bertz CT molecular complexity index is 657. The summed E-state index contributed by atoms with van der Waals surface area (Å²) in [6, 6.07) is 9.91. The number of benzene rings is 1. The molecule has 0 saturated carbocycles. The highest BCUT2D eigenvalue weighted by Gasteiger charge is 2.30. The molecule has 1 fully saturated rings. The van der Waals surface area contributed by atoms with Crippen molar-refractivity contribution in [3.63, 3.8) is 0 Å². The second-order valence-corrected chi connectivity index (χ2v) is 6.26. The van der Waals surface area contributed by atoms with Gasteiger partial charge in [-0.2, -0.15) is 0 Å². The van der Waals surface area contributed by atoms with E-state index in [2.05, 4.69) is 27.0 Å². The third kappa shape index (κ3) is 2.86. The molecule has 2 heterocycles. The molecule has 21 heavy (non-hydrogen) atoms. The topological polar surface area (TPSA) is 33.2 Å². The smallest absolute Gasteiger partial charge is 0.254 e. The maximum Gasteiger partial charge on any atom is 0.254 e. The Balaban J connectivity index is 1.88. The zero-order valence-corrected chi connectivity index (χ0v) is 13.5. The van der Waals surface area contributed by atoms with Gasteiger partial charge in [0.05, 0.1) is 6.04 Å². The molecule has 4 heteroatoms. The third-order valence-corrected chi connectivity index (χ3v) is 4.88. The van der Waals surface area contributed by atoms with E-state index in [1.807, 2.05) is 42.3 Å². The Labute approximate surface area is 133 Å². The molecule has 2 aromatic rings. The number of pyridine rings is 1. The molecule has 1 amide bonds. The number of carbonyl (C=O) groups excluding carboxylic acids is 1. The SMILES string of the molecule is Cc1cc(C(=O)N2CCCC2c2cccnc2)ccc1Br. The van der Waals surface area contributed by atoms with E-state index in [9.17, 15) is 4.79 Å². The second-order valence-electron chi connectivity index (χ2n) is 5.41. The molecule has 108 valence electrons. The maximum atomic E-state index is 12.8. The van der Waals surface area contributed by atoms with Crippen LogP contribution in [0.3, 0.4) is 0 Å². The zero-order valence-electron chi connectivity index (χ0n) is 11.9. The highest BCUT2D eigenvalue weighted by molar-refractivity contribution is 9.10. The Hall–Kier alpha value is -1.68. The highest BCUT2D eigenvalue weighted by atomic mass is 79.9. The summed E-state index contributed by atoms with van der Waals surface area (Å²) in [5.41, 5.74) is 2.96. The van der Waals surface area contributed by atoms with E-state index in [0.29, 0.717) is 0 Å². The third-order valence-electron chi connectivity index (χ3n) is 3.99. The summed E-state index contributed by atoms with van der Waals surface area (Å²) in [4.78, 5) is 18.9. The van der Waals surface area contributed by atoms with Crippen molar-refractivity contribution in [3.8, 4) is 0 Å². The van der Waals surface area contributed by atoms with Crippen LogP contribution in [0.5, 0.6) is 0 Å². The Kier molecular flexibility index (Phi) is 4.06. The molecule has 1 atom stereocenters. The lowest BCUT2D eigenvalue weighted by Gasteiger charge is -2.25. The van der Waals surface area contributed by atoms with Gasteiger partial charge >= 0.3 is 0 Å². The molecule has 1 saturated heterocycles. The number of rotatable bonds is 2. The molecule has 1 aliphatic rings. The summed E-state index contributed by atoms with van der Waals surface area (Å²) < 4.78 is 1.03. The molecule has 1 aromatic carbocycles. The van der Waals surface area contributed by atoms with Gasteiger partial charge in [0.15, 0.2) is 0 Å². The fourth-order valence-electron chi connectivity index (χ4n) is 2.87. The van der Waals surface area contributed by atoms with E-state index in [1.165, 1.54) is 0 Å². The number of aromatic nitrogens is 1. The van der Waals surface area contributed by atoms with Gasteiger partial charge in [-0.1, -0.05) is 22.0 Å². The van der Waals surface area contributed by atoms with E-state index in [1.54, 1.807) is 6.20 Å². The summed E-state index contributed by atoms with van der Waals surface area (Å²) in [6.07, 6.45) is 5.68. The molecule has 0 spiro atoms. The first-order valence-electron chi connectivity index (χ1n) is 7.14. The van der Waals surface area contributed by atoms with Crippen molar-refractivity contribution in [2.45, 2.75) is 25.8 Å². The number of hydrogen-bond acceptors (Lipinski definition) is 2. The molecule has 1 aliphatic heterocycles. The van der Waals surface area contributed by atoms with Crippen molar-refractivity contribution in [3.05, 3.63) is 63.9 Å². The molecule has 0 aliphatic carbocycles. The number of likely N-dealkylation sites (tertiary alicyclic amines) is 1. The van der Waals surface area contributed by atoms with Crippen LogP contribution in [0, 0.1) is 6.92 Å². The number of aryl methyl sites for hydroxylation is 1. The molecule has 0 N–H and O–H groups in total. The Morgan fingerprint density at radius 3 is 2.95 bits per heavy atom. The fraction of sp³-hybridized carbons (Fsp3) is 0.294. The van der Waals surface area contributed by atoms with Crippen LogP contribution in [0.4, 0.5) is 0 Å². The summed E-state index contributed by atoms with van der Waals surface area (Å²) in [5, 5.41) is 0. The summed E-state index contributed by atoms with van der Waals surface area (Å²) in [7, 11) is 0. The van der Waals surface area contributed by atoms with Gasteiger partial charge in [-0.05, 0) is 55.2 Å². The first-order valence-corrected chi connectivity index (χ1v) is 7.93. The van der Waals surface area contributed by atoms with E-state index >= 15 is 0 Å². The largest absolute Gasteiger partial charge is 0.332 e. The Morgan fingerprint density at radius 2 is 2.24 bits per heavy atom. The van der Waals surface area contributed by atoms with Crippen LogP contribution in [0.25, 0.3) is 0 Å². The van der Waals surface area contributed by atoms with Crippen molar-refractivity contribution in [1.29, 1.82) is 0 Å². The van der Waals surface area contributed by atoms with Crippen molar-refractivity contribution in [1.82, 2.24) is 9.88 Å². The molecule has 0 bridgehead atoms. The van der Waals surface area contributed by atoms with E-state index in [4.69, 9.17) is 0 Å². The molecule has 3 rings (SSSR count). The lowest BCUT2D eigenvalue weighted by molar-refractivity contribution is 0.0735. The number of carbonyl (C=O) groups is 1. The first kappa shape index (κ1) is 14.3. The minimum absolute atomic E-state index is 0.108. The highest BCUT2D eigenvalue weighted by Crippen LogP contribution is 2.33. The second kappa shape index (κ2) is 5.98. The minimum atomic E-state index is 0.108. The summed E-state index contributed by atoms with van der Waals surface area (Å²) in [5.74, 6) is 0.108. The monoisotopic (exact) mass is 344 g/mol. The van der Waals surface area contributed by atoms with Gasteiger partial charge in [-0.15, -0.1) is 0 Å². The average molecular weight is 345 g/mol. The van der Waals surface area contributed by atoms with Crippen molar-refractivity contribution >= 4 is 21.8 Å². The number of halogens is 1. The lowest BCUT2D eigenvalue weighted by Crippen LogP contribution is -2.30. The van der Waals surface area contributed by atoms with Gasteiger partial charge in [-0.3, -0.25) is 9.78 Å². The van der Waals surface area contributed by atoms with Gasteiger partial charge in [0.25, 0.3) is 5.91 Å². The zero-order chi connectivity index (χ0) is 14.8. The molecular formula is C17H17BrN2O. The van der Waals surface area contributed by atoms with Crippen molar-refractivity contribution in [2.75, 3.05) is 6.54 Å². The minimum Gasteiger partial charge on any atom is -0.332 e. The molecule has 0 radical (unpaired) electrons. The van der Waals surface area contributed by atoms with Crippen molar-refractivity contribution < 1.29 is 4.79 Å². The Morgan fingerprint density at radius 1 is 1.38 bits per heavy atom. The molecule has 1 unspecified atom stereocenters. The van der Waals surface area contributed by atoms with Gasteiger partial charge < -0.3 is 4.90 Å². The van der Waals surface area contributed by atoms with Crippen LogP contribution in [-0.4, -0.2) is 22.3 Å². The standard InChI is InChI=1S/C17H17BrN2O/c1-12-10-13(6-7-15(12)18)17(21)20-9-3-5-16(20)14-4-2-8-19-11-14/h2,4,6-8,10-11,16H,3,5,9H2,1H3. The normalized spacial score (nSPS) is 18.0. The number of amides is 1. The number of nitrogens with zero attached hydrogens (tertiary/aromatic N) is 2. The van der Waals surface area contributed by atoms with Gasteiger partial charge in [0.1, 0.15) is 0 Å². The van der Waals surface area contributed by atoms with Gasteiger partial charge in [0.2, 0.25) is 0 Å². The van der Waals surface area contributed by atoms with Crippen LogP contribution in [-0.2, 0) is 0 Å². The van der Waals surface area contributed by atoms with E-state index < -0.39 is 0 Å². The molecule has 1 aromatic heterocycles. The number of hydrogen-bond donors (Lipinski definition) is 0. The van der Waals surface area contributed by atoms with Gasteiger partial charge in [0, 0.05) is 29.0 Å². The predicted molar refractivity (Wildman–Crippen MR) is 86.1 cm³/mol. The first-order chi connectivity index (χ1) is 10.2. The molecule has 3 nitrogen and oxygen atoms in total. The maximum absolute atomic E-state index is 12.8. The van der Waals surface area contributed by atoms with Crippen LogP contribution in [0.15, 0.2) is 47.2 Å². The van der Waals surface area contributed by atoms with Crippen molar-refractivity contribution in [2.24, 2.45) is 0 Å². The van der Waals surface area contributed by atoms with Gasteiger partial charge in [-0.25, -0.2) is 0 Å². The van der Waals surface area contributed by atoms with Crippen LogP contribution in [0.1, 0.15) is 40.4 Å². The fourth-order valence-corrected chi connectivity index (χ4v) is 3.12. The quantitative estimate of drug-likeness (QED) is 0.820. The molecular weight excluding hydrogens is 328 g/mol. The summed E-state index contributed by atoms with van der Waals surface area (Å²) in [6.45, 7) is 2.82. The lowest BCUT2D eigenvalue weighted by atomic mass is 10.1. The average Bonchev–Trinajstić information content (AvgIpc) is 2.99. The van der Waals surface area contributed by atoms with E-state index in [-0.39, 0.29) is 11.9 Å². The summed E-state index contributed by atoms with van der Waals surface area (Å²) >= 11 is 3.48. The predicted octanol–water partition coefficient (Wildman–Crippen LogP) is 4.13. The van der Waals surface area contributed by atoms with Crippen LogP contribution >= 0.6 is 15.9 Å². The van der Waals surface area contributed by atoms with Crippen LogP contribution < -0.4 is 0 Å².